The number of carbonyl (C=O) groups is 1. The Morgan fingerprint density at radius 2 is 1.69 bits per heavy atom. The fourth-order valence-corrected chi connectivity index (χ4v) is 3.95. The number of carbonyl (C=O) groups excluding carboxylic acids is 1. The Morgan fingerprint density at radius 3 is 2.38 bits per heavy atom. The summed E-state index contributed by atoms with van der Waals surface area (Å²) in [4.78, 5) is 14.9. The van der Waals surface area contributed by atoms with Crippen LogP contribution in [0.5, 0.6) is 17.2 Å². The van der Waals surface area contributed by atoms with Crippen molar-refractivity contribution in [1.29, 1.82) is 0 Å². The maximum absolute atomic E-state index is 14.4. The van der Waals surface area contributed by atoms with Crippen molar-refractivity contribution in [2.24, 2.45) is 0 Å². The highest BCUT2D eigenvalue weighted by Gasteiger charge is 2.34. The van der Waals surface area contributed by atoms with Gasteiger partial charge >= 0.3 is 0 Å². The van der Waals surface area contributed by atoms with Crippen molar-refractivity contribution < 1.29 is 27.8 Å². The summed E-state index contributed by atoms with van der Waals surface area (Å²) in [5.74, 6) is 0.229. The molecule has 4 rings (SSSR count). The molecule has 3 aromatic rings. The molecule has 1 amide bonds. The maximum Gasteiger partial charge on any atom is 0.257 e. The Bertz CT molecular complexity index is 1120. The van der Waals surface area contributed by atoms with Gasteiger partial charge in [-0.2, -0.15) is 0 Å². The van der Waals surface area contributed by atoms with Gasteiger partial charge in [-0.25, -0.2) is 8.78 Å². The largest absolute Gasteiger partial charge is 0.493 e. The fraction of sp³-hybridized carbons (Fsp3) is 0.240. The monoisotopic (exact) mass is 439 g/mol. The molecular formula is C25H23F2NO4. The molecule has 7 heteroatoms. The van der Waals surface area contributed by atoms with Crippen molar-refractivity contribution in [3.63, 3.8) is 0 Å². The van der Waals surface area contributed by atoms with E-state index in [1.807, 2.05) is 12.1 Å². The van der Waals surface area contributed by atoms with Crippen molar-refractivity contribution in [2.75, 3.05) is 27.4 Å². The Balaban J connectivity index is 1.71. The zero-order valence-electron chi connectivity index (χ0n) is 17.8. The van der Waals surface area contributed by atoms with Crippen molar-refractivity contribution in [3.8, 4) is 17.2 Å². The number of methoxy groups -OCH3 is 2. The van der Waals surface area contributed by atoms with Gasteiger partial charge in [0.25, 0.3) is 5.91 Å². The lowest BCUT2D eigenvalue weighted by molar-refractivity contribution is 0.0584. The van der Waals surface area contributed by atoms with E-state index in [1.54, 1.807) is 31.3 Å². The Labute approximate surface area is 185 Å². The van der Waals surface area contributed by atoms with Gasteiger partial charge in [-0.1, -0.05) is 12.1 Å². The maximum atomic E-state index is 14.4. The molecule has 0 saturated heterocycles. The van der Waals surface area contributed by atoms with Gasteiger partial charge in [0.1, 0.15) is 24.0 Å². The molecule has 0 spiro atoms. The van der Waals surface area contributed by atoms with E-state index in [2.05, 4.69) is 0 Å². The van der Waals surface area contributed by atoms with Crippen LogP contribution in [0.15, 0.2) is 60.7 Å². The van der Waals surface area contributed by atoms with E-state index in [0.29, 0.717) is 30.2 Å². The molecule has 0 radical (unpaired) electrons. The number of hydrogen-bond acceptors (Lipinski definition) is 4. The molecule has 166 valence electrons. The number of fused-ring (bicyclic) bond motifs is 1. The first-order chi connectivity index (χ1) is 15.5. The molecule has 0 saturated carbocycles. The van der Waals surface area contributed by atoms with Gasteiger partial charge in [-0.3, -0.25) is 4.79 Å². The number of hydrogen-bond donors (Lipinski definition) is 0. The molecule has 1 aliphatic heterocycles. The second-order valence-electron chi connectivity index (χ2n) is 7.42. The lowest BCUT2D eigenvalue weighted by Crippen LogP contribution is -2.43. The van der Waals surface area contributed by atoms with Gasteiger partial charge in [-0.15, -0.1) is 0 Å². The fourth-order valence-electron chi connectivity index (χ4n) is 3.95. The first kappa shape index (κ1) is 21.6. The van der Waals surface area contributed by atoms with Crippen LogP contribution in [-0.4, -0.2) is 38.2 Å². The third kappa shape index (κ3) is 4.23. The molecule has 1 atom stereocenters. The van der Waals surface area contributed by atoms with Crippen molar-refractivity contribution in [3.05, 3.63) is 89.0 Å². The summed E-state index contributed by atoms with van der Waals surface area (Å²) in [6.07, 6.45) is 0.572. The van der Waals surface area contributed by atoms with Gasteiger partial charge in [0.15, 0.2) is 11.5 Å². The van der Waals surface area contributed by atoms with Crippen LogP contribution in [0.2, 0.25) is 0 Å². The van der Waals surface area contributed by atoms with Gasteiger partial charge in [0, 0.05) is 6.54 Å². The zero-order valence-corrected chi connectivity index (χ0v) is 17.8. The summed E-state index contributed by atoms with van der Waals surface area (Å²) in [5, 5.41) is 0. The second kappa shape index (κ2) is 9.26. The van der Waals surface area contributed by atoms with Crippen molar-refractivity contribution >= 4 is 5.91 Å². The quantitative estimate of drug-likeness (QED) is 0.554. The van der Waals surface area contributed by atoms with Gasteiger partial charge < -0.3 is 19.1 Å². The van der Waals surface area contributed by atoms with Gasteiger partial charge in [0.2, 0.25) is 0 Å². The first-order valence-corrected chi connectivity index (χ1v) is 10.2. The molecule has 0 aromatic heterocycles. The minimum Gasteiger partial charge on any atom is -0.493 e. The number of halogens is 2. The van der Waals surface area contributed by atoms with E-state index in [1.165, 1.54) is 36.4 Å². The highest BCUT2D eigenvalue weighted by molar-refractivity contribution is 5.95. The number of nitrogens with zero attached hydrogens (tertiary/aromatic N) is 1. The molecule has 0 unspecified atom stereocenters. The summed E-state index contributed by atoms with van der Waals surface area (Å²) >= 11 is 0. The van der Waals surface area contributed by atoms with Crippen molar-refractivity contribution in [1.82, 2.24) is 4.90 Å². The molecule has 0 N–H and O–H groups in total. The number of benzene rings is 3. The minimum atomic E-state index is -0.575. The molecular weight excluding hydrogens is 416 g/mol. The van der Waals surface area contributed by atoms with Crippen LogP contribution in [0.3, 0.4) is 0 Å². The Kier molecular flexibility index (Phi) is 6.25. The SMILES string of the molecule is COc1cc2c(cc1OC)[C@H](COc1ccc(F)cc1)N(C(=O)c1ccccc1F)CC2. The Morgan fingerprint density at radius 1 is 1.00 bits per heavy atom. The van der Waals surface area contributed by atoms with Crippen LogP contribution < -0.4 is 14.2 Å². The molecule has 5 nitrogen and oxygen atoms in total. The van der Waals surface area contributed by atoms with Gasteiger partial charge in [-0.05, 0) is 66.1 Å². The standard InChI is InChI=1S/C25H23F2NO4/c1-30-23-13-16-11-12-28(25(29)19-5-3-4-6-21(19)27)22(20(16)14-24(23)31-2)15-32-18-9-7-17(26)8-10-18/h3-10,13-14,22H,11-12,15H2,1-2H3/t22-/m0/s1. The van der Waals surface area contributed by atoms with Crippen LogP contribution in [-0.2, 0) is 6.42 Å². The number of ether oxygens (including phenoxy) is 3. The lowest BCUT2D eigenvalue weighted by atomic mass is 9.91. The van der Waals surface area contributed by atoms with E-state index < -0.39 is 17.8 Å². The molecule has 32 heavy (non-hydrogen) atoms. The molecule has 1 heterocycles. The van der Waals surface area contributed by atoms with Gasteiger partial charge in [0.05, 0.1) is 25.8 Å². The predicted molar refractivity (Wildman–Crippen MR) is 115 cm³/mol. The van der Waals surface area contributed by atoms with E-state index in [4.69, 9.17) is 14.2 Å². The highest BCUT2D eigenvalue weighted by Crippen LogP contribution is 2.39. The van der Waals surface area contributed by atoms with E-state index >= 15 is 0 Å². The van der Waals surface area contributed by atoms with Crippen LogP contribution in [0, 0.1) is 11.6 Å². The first-order valence-electron chi connectivity index (χ1n) is 10.2. The summed E-state index contributed by atoms with van der Waals surface area (Å²) < 4.78 is 44.4. The molecule has 0 fully saturated rings. The topological polar surface area (TPSA) is 48.0 Å². The van der Waals surface area contributed by atoms with Crippen LogP contribution in [0.25, 0.3) is 0 Å². The normalized spacial score (nSPS) is 15.1. The summed E-state index contributed by atoms with van der Waals surface area (Å²) in [6, 6.07) is 14.8. The van der Waals surface area contributed by atoms with E-state index in [-0.39, 0.29) is 18.0 Å². The summed E-state index contributed by atoms with van der Waals surface area (Å²) in [5.41, 5.74) is 1.83. The summed E-state index contributed by atoms with van der Waals surface area (Å²) in [7, 11) is 3.11. The van der Waals surface area contributed by atoms with Crippen LogP contribution >= 0.6 is 0 Å². The molecule has 0 bridgehead atoms. The number of amides is 1. The van der Waals surface area contributed by atoms with Crippen LogP contribution in [0.1, 0.15) is 27.5 Å². The van der Waals surface area contributed by atoms with Crippen molar-refractivity contribution in [2.45, 2.75) is 12.5 Å². The Hall–Kier alpha value is -3.61. The molecule has 0 aliphatic carbocycles. The highest BCUT2D eigenvalue weighted by atomic mass is 19.1. The molecule has 1 aliphatic rings. The lowest BCUT2D eigenvalue weighted by Gasteiger charge is -2.37. The van der Waals surface area contributed by atoms with E-state index in [9.17, 15) is 13.6 Å². The minimum absolute atomic E-state index is 0.00297. The summed E-state index contributed by atoms with van der Waals surface area (Å²) in [6.45, 7) is 0.488. The van der Waals surface area contributed by atoms with E-state index in [0.717, 1.165) is 11.1 Å². The third-order valence-corrected chi connectivity index (χ3v) is 5.59. The smallest absolute Gasteiger partial charge is 0.257 e. The molecule has 3 aromatic carbocycles. The zero-order chi connectivity index (χ0) is 22.7. The van der Waals surface area contributed by atoms with Crippen LogP contribution in [0.4, 0.5) is 8.78 Å². The number of rotatable bonds is 6. The third-order valence-electron chi connectivity index (χ3n) is 5.59. The average molecular weight is 439 g/mol. The second-order valence-corrected chi connectivity index (χ2v) is 7.42. The average Bonchev–Trinajstić information content (AvgIpc) is 2.82. The predicted octanol–water partition coefficient (Wildman–Crippen LogP) is 4.80.